The largest absolute Gasteiger partial charge is 0.373 e. The van der Waals surface area contributed by atoms with Crippen LogP contribution in [0.1, 0.15) is 31.2 Å². The Bertz CT molecular complexity index is 522. The van der Waals surface area contributed by atoms with Crippen LogP contribution in [0.2, 0.25) is 0 Å². The van der Waals surface area contributed by atoms with Crippen molar-refractivity contribution in [1.29, 1.82) is 0 Å². The molecule has 4 nitrogen and oxygen atoms in total. The third kappa shape index (κ3) is 4.09. The van der Waals surface area contributed by atoms with Crippen LogP contribution >= 0.6 is 15.9 Å². The summed E-state index contributed by atoms with van der Waals surface area (Å²) in [6, 6.07) is 8.26. The van der Waals surface area contributed by atoms with Crippen LogP contribution < -0.4 is 5.32 Å². The number of amides is 1. The van der Waals surface area contributed by atoms with Gasteiger partial charge < -0.3 is 14.8 Å². The predicted octanol–water partition coefficient (Wildman–Crippen LogP) is 2.83. The van der Waals surface area contributed by atoms with Crippen LogP contribution in [0, 0.1) is 0 Å². The molecule has 3 atom stereocenters. The molecule has 22 heavy (non-hydrogen) atoms. The van der Waals surface area contributed by atoms with E-state index in [9.17, 15) is 4.79 Å². The van der Waals surface area contributed by atoms with Gasteiger partial charge in [-0.1, -0.05) is 34.1 Å². The van der Waals surface area contributed by atoms with Gasteiger partial charge in [0.15, 0.2) is 0 Å². The molecule has 3 rings (SSSR count). The van der Waals surface area contributed by atoms with Crippen molar-refractivity contribution in [2.24, 2.45) is 0 Å². The molecule has 0 spiro atoms. The minimum Gasteiger partial charge on any atom is -0.373 e. The van der Waals surface area contributed by atoms with Crippen molar-refractivity contribution in [1.82, 2.24) is 5.32 Å². The number of ether oxygens (including phenoxy) is 2. The molecule has 2 aliphatic rings. The minimum absolute atomic E-state index is 0.121. The molecule has 1 aliphatic carbocycles. The van der Waals surface area contributed by atoms with Crippen molar-refractivity contribution < 1.29 is 14.3 Å². The molecule has 0 radical (unpaired) electrons. The lowest BCUT2D eigenvalue weighted by atomic mass is 9.89. The van der Waals surface area contributed by atoms with E-state index in [1.54, 1.807) is 0 Å². The van der Waals surface area contributed by atoms with Gasteiger partial charge in [0.05, 0.1) is 25.4 Å². The monoisotopic (exact) mass is 367 g/mol. The fraction of sp³-hybridized carbons (Fsp3) is 0.588. The summed E-state index contributed by atoms with van der Waals surface area (Å²) < 4.78 is 12.5. The molecule has 120 valence electrons. The summed E-state index contributed by atoms with van der Waals surface area (Å²) >= 11 is 3.52. The third-order valence-corrected chi connectivity index (χ3v) is 5.20. The molecule has 0 bridgehead atoms. The topological polar surface area (TPSA) is 47.6 Å². The Morgan fingerprint density at radius 1 is 1.18 bits per heavy atom. The van der Waals surface area contributed by atoms with Crippen LogP contribution in [0.25, 0.3) is 0 Å². The van der Waals surface area contributed by atoms with Crippen LogP contribution in [0.4, 0.5) is 0 Å². The molecular weight excluding hydrogens is 346 g/mol. The summed E-state index contributed by atoms with van der Waals surface area (Å²) in [6.45, 7) is 1.37. The lowest BCUT2D eigenvalue weighted by Gasteiger charge is -2.39. The number of fused-ring (bicyclic) bond motifs is 1. The van der Waals surface area contributed by atoms with E-state index < -0.39 is 0 Å². The maximum absolute atomic E-state index is 12.2. The second-order valence-electron chi connectivity index (χ2n) is 5.99. The molecule has 2 fully saturated rings. The number of hydrogen-bond acceptors (Lipinski definition) is 3. The molecule has 1 saturated heterocycles. The van der Waals surface area contributed by atoms with Gasteiger partial charge in [-0.3, -0.25) is 4.79 Å². The van der Waals surface area contributed by atoms with Crippen molar-refractivity contribution in [3.63, 3.8) is 0 Å². The first-order valence-corrected chi connectivity index (χ1v) is 8.77. The Morgan fingerprint density at radius 3 is 2.77 bits per heavy atom. The van der Waals surface area contributed by atoms with Crippen LogP contribution in [0.15, 0.2) is 28.7 Å². The average Bonchev–Trinajstić information content (AvgIpc) is 2.54. The number of halogens is 1. The highest BCUT2D eigenvalue weighted by Gasteiger charge is 2.34. The zero-order valence-electron chi connectivity index (χ0n) is 12.6. The maximum Gasteiger partial charge on any atom is 0.220 e. The standard InChI is InChI=1S/C17H22BrNO3/c18-14-4-2-1-3-12(14)5-8-17(20)19-13-6-7-15-16(11-13)22-10-9-21-15/h1-4,13,15-16H,5-11H2,(H,19,20). The zero-order valence-corrected chi connectivity index (χ0v) is 14.2. The number of nitrogens with one attached hydrogen (secondary N) is 1. The smallest absolute Gasteiger partial charge is 0.220 e. The molecule has 1 amide bonds. The van der Waals surface area contributed by atoms with E-state index in [4.69, 9.17) is 9.47 Å². The summed E-state index contributed by atoms with van der Waals surface area (Å²) in [7, 11) is 0. The molecule has 0 aromatic heterocycles. The number of aryl methyl sites for hydroxylation is 1. The van der Waals surface area contributed by atoms with Gasteiger partial charge in [0.25, 0.3) is 0 Å². The fourth-order valence-corrected chi connectivity index (χ4v) is 3.73. The van der Waals surface area contributed by atoms with Crippen LogP contribution in [0.3, 0.4) is 0 Å². The highest BCUT2D eigenvalue weighted by atomic mass is 79.9. The molecule has 1 saturated carbocycles. The van der Waals surface area contributed by atoms with Gasteiger partial charge in [-0.2, -0.15) is 0 Å². The van der Waals surface area contributed by atoms with Crippen molar-refractivity contribution in [2.75, 3.05) is 13.2 Å². The van der Waals surface area contributed by atoms with Gasteiger partial charge in [-0.05, 0) is 37.3 Å². The van der Waals surface area contributed by atoms with Gasteiger partial charge in [-0.15, -0.1) is 0 Å². The normalized spacial score (nSPS) is 28.0. The van der Waals surface area contributed by atoms with Crippen molar-refractivity contribution in [2.45, 2.75) is 50.4 Å². The van der Waals surface area contributed by atoms with Crippen molar-refractivity contribution >= 4 is 21.8 Å². The van der Waals surface area contributed by atoms with E-state index in [1.165, 1.54) is 5.56 Å². The summed E-state index contributed by atoms with van der Waals surface area (Å²) in [5.74, 6) is 0.121. The predicted molar refractivity (Wildman–Crippen MR) is 87.7 cm³/mol. The average molecular weight is 368 g/mol. The van der Waals surface area contributed by atoms with E-state index in [-0.39, 0.29) is 24.2 Å². The van der Waals surface area contributed by atoms with Gasteiger partial charge in [-0.25, -0.2) is 0 Å². The number of carbonyl (C=O) groups is 1. The van der Waals surface area contributed by atoms with Crippen LogP contribution in [-0.2, 0) is 20.7 Å². The molecule has 1 aromatic carbocycles. The first kappa shape index (κ1) is 16.0. The zero-order chi connectivity index (χ0) is 15.4. The SMILES string of the molecule is O=C(CCc1ccccc1Br)NC1CCC2OCCOC2C1. The van der Waals surface area contributed by atoms with E-state index in [0.717, 1.165) is 30.2 Å². The molecule has 1 aliphatic heterocycles. The fourth-order valence-electron chi connectivity index (χ4n) is 3.25. The molecule has 1 aromatic rings. The Hall–Kier alpha value is -0.910. The van der Waals surface area contributed by atoms with Crippen molar-refractivity contribution in [3.05, 3.63) is 34.3 Å². The van der Waals surface area contributed by atoms with Gasteiger partial charge in [0.1, 0.15) is 0 Å². The summed E-state index contributed by atoms with van der Waals surface area (Å²) in [6.07, 6.45) is 4.46. The quantitative estimate of drug-likeness (QED) is 0.889. The van der Waals surface area contributed by atoms with E-state index >= 15 is 0 Å². The second kappa shape index (κ2) is 7.57. The van der Waals surface area contributed by atoms with E-state index in [1.807, 2.05) is 18.2 Å². The Balaban J connectivity index is 1.45. The number of rotatable bonds is 4. The number of hydrogen-bond donors (Lipinski definition) is 1. The first-order chi connectivity index (χ1) is 10.7. The van der Waals surface area contributed by atoms with Crippen molar-refractivity contribution in [3.8, 4) is 0 Å². The summed E-state index contributed by atoms with van der Waals surface area (Å²) in [5, 5.41) is 3.15. The van der Waals surface area contributed by atoms with Gasteiger partial charge in [0.2, 0.25) is 5.91 Å². The molecule has 1 heterocycles. The Labute approximate surface area is 139 Å². The summed E-state index contributed by atoms with van der Waals surface area (Å²) in [5.41, 5.74) is 1.17. The maximum atomic E-state index is 12.2. The lowest BCUT2D eigenvalue weighted by molar-refractivity contribution is -0.158. The highest BCUT2D eigenvalue weighted by Crippen LogP contribution is 2.27. The summed E-state index contributed by atoms with van der Waals surface area (Å²) in [4.78, 5) is 12.2. The van der Waals surface area contributed by atoms with Gasteiger partial charge in [0, 0.05) is 16.9 Å². The second-order valence-corrected chi connectivity index (χ2v) is 6.84. The lowest BCUT2D eigenvalue weighted by Crippen LogP contribution is -2.49. The first-order valence-electron chi connectivity index (χ1n) is 7.98. The van der Waals surface area contributed by atoms with Crippen LogP contribution in [-0.4, -0.2) is 37.4 Å². The highest BCUT2D eigenvalue weighted by molar-refractivity contribution is 9.10. The molecular formula is C17H22BrNO3. The minimum atomic E-state index is 0.121. The Morgan fingerprint density at radius 2 is 1.95 bits per heavy atom. The van der Waals surface area contributed by atoms with E-state index in [0.29, 0.717) is 19.6 Å². The van der Waals surface area contributed by atoms with E-state index in [2.05, 4.69) is 27.3 Å². The molecule has 5 heteroatoms. The molecule has 3 unspecified atom stereocenters. The Kier molecular flexibility index (Phi) is 5.50. The van der Waals surface area contributed by atoms with Crippen LogP contribution in [0.5, 0.6) is 0 Å². The molecule has 1 N–H and O–H groups in total. The number of carbonyl (C=O) groups excluding carboxylic acids is 1. The third-order valence-electron chi connectivity index (χ3n) is 4.42. The van der Waals surface area contributed by atoms with Gasteiger partial charge >= 0.3 is 0 Å². The number of benzene rings is 1.